The van der Waals surface area contributed by atoms with Gasteiger partial charge in [-0.3, -0.25) is 4.79 Å². The second-order valence-corrected chi connectivity index (χ2v) is 6.97. The van der Waals surface area contributed by atoms with Gasteiger partial charge >= 0.3 is 0 Å². The smallest absolute Gasteiger partial charge is 0.225 e. The molecule has 2 aromatic carbocycles. The van der Waals surface area contributed by atoms with E-state index in [0.29, 0.717) is 11.5 Å². The summed E-state index contributed by atoms with van der Waals surface area (Å²) in [6.07, 6.45) is 0.271. The van der Waals surface area contributed by atoms with Gasteiger partial charge in [0, 0.05) is 22.9 Å². The maximum atomic E-state index is 12.8. The molecular weight excluding hydrogens is 366 g/mol. The van der Waals surface area contributed by atoms with Crippen LogP contribution in [-0.4, -0.2) is 29.9 Å². The summed E-state index contributed by atoms with van der Waals surface area (Å²) in [6, 6.07) is 15.3. The number of nitrogens with one attached hydrogen (secondary N) is 1. The second-order valence-electron chi connectivity index (χ2n) is 6.97. The van der Waals surface area contributed by atoms with E-state index in [0.717, 1.165) is 28.2 Å². The second kappa shape index (κ2) is 8.82. The first-order valence-corrected chi connectivity index (χ1v) is 9.56. The Bertz CT molecular complexity index is 996. The van der Waals surface area contributed by atoms with Crippen LogP contribution in [0.4, 0.5) is 0 Å². The zero-order chi connectivity index (χ0) is 21.0. The van der Waals surface area contributed by atoms with Crippen molar-refractivity contribution in [3.8, 4) is 17.2 Å². The summed E-state index contributed by atoms with van der Waals surface area (Å²) in [4.78, 5) is 12.8. The van der Waals surface area contributed by atoms with Crippen LogP contribution < -0.4 is 14.8 Å². The highest BCUT2D eigenvalue weighted by molar-refractivity contribution is 5.79. The van der Waals surface area contributed by atoms with Crippen molar-refractivity contribution in [2.24, 2.45) is 0 Å². The Morgan fingerprint density at radius 3 is 2.48 bits per heavy atom. The molecule has 0 radical (unpaired) electrons. The molecule has 0 fully saturated rings. The van der Waals surface area contributed by atoms with E-state index in [4.69, 9.17) is 9.47 Å². The molecule has 152 valence electrons. The SMILES string of the molecule is COc1ccc(C(C)NC(=O)Cc2c(C)nn(-c3ccccc3)c2C)c(OC)c1. The molecule has 0 bridgehead atoms. The van der Waals surface area contributed by atoms with Crippen LogP contribution in [0.2, 0.25) is 0 Å². The topological polar surface area (TPSA) is 65.4 Å². The molecule has 1 atom stereocenters. The number of para-hydroxylation sites is 1. The van der Waals surface area contributed by atoms with Gasteiger partial charge in [0.05, 0.1) is 38.1 Å². The van der Waals surface area contributed by atoms with Crippen LogP contribution >= 0.6 is 0 Å². The summed E-state index contributed by atoms with van der Waals surface area (Å²) in [5, 5.41) is 7.68. The fourth-order valence-corrected chi connectivity index (χ4v) is 3.46. The molecule has 1 heterocycles. The Morgan fingerprint density at radius 1 is 1.10 bits per heavy atom. The fraction of sp³-hybridized carbons (Fsp3) is 0.304. The molecule has 0 saturated carbocycles. The highest BCUT2D eigenvalue weighted by Crippen LogP contribution is 2.29. The zero-order valence-electron chi connectivity index (χ0n) is 17.5. The number of methoxy groups -OCH3 is 2. The molecule has 6 nitrogen and oxygen atoms in total. The lowest BCUT2D eigenvalue weighted by Crippen LogP contribution is -2.28. The summed E-state index contributed by atoms with van der Waals surface area (Å²) in [6.45, 7) is 5.87. The molecule has 3 rings (SSSR count). The van der Waals surface area contributed by atoms with Crippen LogP contribution in [0.1, 0.15) is 35.5 Å². The van der Waals surface area contributed by atoms with Gasteiger partial charge in [-0.15, -0.1) is 0 Å². The lowest BCUT2D eigenvalue weighted by Gasteiger charge is -2.18. The maximum absolute atomic E-state index is 12.8. The first-order chi connectivity index (χ1) is 13.9. The number of aromatic nitrogens is 2. The van der Waals surface area contributed by atoms with Gasteiger partial charge in [-0.2, -0.15) is 5.10 Å². The number of hydrogen-bond donors (Lipinski definition) is 1. The van der Waals surface area contributed by atoms with Crippen LogP contribution in [0, 0.1) is 13.8 Å². The van der Waals surface area contributed by atoms with E-state index < -0.39 is 0 Å². The van der Waals surface area contributed by atoms with Crippen molar-refractivity contribution in [3.05, 3.63) is 71.0 Å². The van der Waals surface area contributed by atoms with Gasteiger partial charge in [-0.25, -0.2) is 4.68 Å². The molecule has 1 amide bonds. The van der Waals surface area contributed by atoms with Crippen LogP contribution in [-0.2, 0) is 11.2 Å². The van der Waals surface area contributed by atoms with E-state index in [1.807, 2.05) is 74.0 Å². The number of rotatable bonds is 7. The lowest BCUT2D eigenvalue weighted by atomic mass is 10.1. The molecule has 0 aliphatic carbocycles. The van der Waals surface area contributed by atoms with Crippen LogP contribution in [0.3, 0.4) is 0 Å². The normalized spacial score (nSPS) is 11.8. The number of ether oxygens (including phenoxy) is 2. The number of amides is 1. The molecule has 3 aromatic rings. The monoisotopic (exact) mass is 393 g/mol. The van der Waals surface area contributed by atoms with Crippen LogP contribution in [0.5, 0.6) is 11.5 Å². The average Bonchev–Trinajstić information content (AvgIpc) is 3.01. The molecular formula is C23H27N3O3. The van der Waals surface area contributed by atoms with E-state index in [-0.39, 0.29) is 18.4 Å². The van der Waals surface area contributed by atoms with Crippen LogP contribution in [0.25, 0.3) is 5.69 Å². The van der Waals surface area contributed by atoms with Crippen molar-refractivity contribution in [3.63, 3.8) is 0 Å². The fourth-order valence-electron chi connectivity index (χ4n) is 3.46. The summed E-state index contributed by atoms with van der Waals surface area (Å²) in [5.41, 5.74) is 4.65. The minimum Gasteiger partial charge on any atom is -0.497 e. The molecule has 0 aliphatic heterocycles. The van der Waals surface area contributed by atoms with Gasteiger partial charge in [0.1, 0.15) is 11.5 Å². The van der Waals surface area contributed by atoms with E-state index in [1.165, 1.54) is 0 Å². The first kappa shape index (κ1) is 20.5. The Hall–Kier alpha value is -3.28. The third kappa shape index (κ3) is 4.42. The quantitative estimate of drug-likeness (QED) is 0.661. The summed E-state index contributed by atoms with van der Waals surface area (Å²) in [7, 11) is 3.22. The third-order valence-electron chi connectivity index (χ3n) is 5.06. The molecule has 29 heavy (non-hydrogen) atoms. The van der Waals surface area contributed by atoms with Gasteiger partial charge in [-0.05, 0) is 45.0 Å². The third-order valence-corrected chi connectivity index (χ3v) is 5.06. The van der Waals surface area contributed by atoms with E-state index in [9.17, 15) is 4.79 Å². The summed E-state index contributed by atoms with van der Waals surface area (Å²) < 4.78 is 12.6. The molecule has 1 N–H and O–H groups in total. The van der Waals surface area contributed by atoms with Crippen molar-refractivity contribution in [1.82, 2.24) is 15.1 Å². The van der Waals surface area contributed by atoms with Crippen molar-refractivity contribution in [2.75, 3.05) is 14.2 Å². The van der Waals surface area contributed by atoms with Gasteiger partial charge in [0.15, 0.2) is 0 Å². The van der Waals surface area contributed by atoms with Crippen LogP contribution in [0.15, 0.2) is 48.5 Å². The van der Waals surface area contributed by atoms with Gasteiger partial charge < -0.3 is 14.8 Å². The lowest BCUT2D eigenvalue weighted by molar-refractivity contribution is -0.121. The van der Waals surface area contributed by atoms with Crippen molar-refractivity contribution < 1.29 is 14.3 Å². The number of nitrogens with zero attached hydrogens (tertiary/aromatic N) is 2. The summed E-state index contributed by atoms with van der Waals surface area (Å²) in [5.74, 6) is 1.33. The Balaban J connectivity index is 1.75. The number of carbonyl (C=O) groups is 1. The largest absolute Gasteiger partial charge is 0.497 e. The van der Waals surface area contributed by atoms with Crippen molar-refractivity contribution in [1.29, 1.82) is 0 Å². The number of benzene rings is 2. The Labute approximate surface area is 171 Å². The standard InChI is InChI=1S/C23H27N3O3/c1-15(20-12-11-19(28-4)13-22(20)29-5)24-23(27)14-21-16(2)25-26(17(21)3)18-9-7-6-8-10-18/h6-13,15H,14H2,1-5H3,(H,24,27). The molecule has 6 heteroatoms. The predicted octanol–water partition coefficient (Wildman–Crippen LogP) is 3.93. The number of carbonyl (C=O) groups excluding carboxylic acids is 1. The average molecular weight is 393 g/mol. The molecule has 0 aliphatic rings. The highest BCUT2D eigenvalue weighted by Gasteiger charge is 2.19. The number of hydrogen-bond acceptors (Lipinski definition) is 4. The highest BCUT2D eigenvalue weighted by atomic mass is 16.5. The molecule has 1 aromatic heterocycles. The number of aryl methyl sites for hydroxylation is 1. The van der Waals surface area contributed by atoms with Gasteiger partial charge in [-0.1, -0.05) is 18.2 Å². The van der Waals surface area contributed by atoms with Gasteiger partial charge in [0.2, 0.25) is 5.91 Å². The Morgan fingerprint density at radius 2 is 1.83 bits per heavy atom. The van der Waals surface area contributed by atoms with Gasteiger partial charge in [0.25, 0.3) is 0 Å². The first-order valence-electron chi connectivity index (χ1n) is 9.56. The minimum absolute atomic E-state index is 0.0609. The van der Waals surface area contributed by atoms with Crippen molar-refractivity contribution in [2.45, 2.75) is 33.2 Å². The van der Waals surface area contributed by atoms with E-state index in [2.05, 4.69) is 10.4 Å². The van der Waals surface area contributed by atoms with E-state index in [1.54, 1.807) is 14.2 Å². The Kier molecular flexibility index (Phi) is 6.22. The molecule has 1 unspecified atom stereocenters. The molecule has 0 spiro atoms. The predicted molar refractivity (Wildman–Crippen MR) is 113 cm³/mol. The summed E-state index contributed by atoms with van der Waals surface area (Å²) >= 11 is 0. The van der Waals surface area contributed by atoms with E-state index >= 15 is 0 Å². The van der Waals surface area contributed by atoms with Crippen molar-refractivity contribution >= 4 is 5.91 Å². The molecule has 0 saturated heterocycles. The maximum Gasteiger partial charge on any atom is 0.225 e. The zero-order valence-corrected chi connectivity index (χ0v) is 17.5. The minimum atomic E-state index is -0.201.